The van der Waals surface area contributed by atoms with Crippen LogP contribution in [0.2, 0.25) is 0 Å². The van der Waals surface area contributed by atoms with Crippen LogP contribution in [0.15, 0.2) is 51.5 Å². The van der Waals surface area contributed by atoms with Crippen molar-refractivity contribution in [3.8, 4) is 11.8 Å². The Kier molecular flexibility index (Phi) is 9.18. The molecular formula is C26H26BrN3O5S. The van der Waals surface area contributed by atoms with Gasteiger partial charge in [-0.2, -0.15) is 5.26 Å². The van der Waals surface area contributed by atoms with Gasteiger partial charge in [-0.3, -0.25) is 14.4 Å². The van der Waals surface area contributed by atoms with E-state index in [0.717, 1.165) is 35.0 Å². The zero-order valence-corrected chi connectivity index (χ0v) is 22.7. The van der Waals surface area contributed by atoms with E-state index in [1.165, 1.54) is 14.2 Å². The number of benzene rings is 2. The highest BCUT2D eigenvalue weighted by Crippen LogP contribution is 2.42. The van der Waals surface area contributed by atoms with Gasteiger partial charge in [-0.05, 0) is 58.1 Å². The van der Waals surface area contributed by atoms with E-state index in [2.05, 4.69) is 32.6 Å². The third-order valence-corrected chi connectivity index (χ3v) is 7.51. The van der Waals surface area contributed by atoms with Gasteiger partial charge in [0.2, 0.25) is 11.8 Å². The molecule has 2 aromatic rings. The van der Waals surface area contributed by atoms with Crippen LogP contribution in [0.5, 0.6) is 5.75 Å². The lowest BCUT2D eigenvalue weighted by atomic mass is 9.78. The van der Waals surface area contributed by atoms with E-state index in [0.29, 0.717) is 15.8 Å². The van der Waals surface area contributed by atoms with Crippen molar-refractivity contribution >= 4 is 51.2 Å². The molecule has 0 fully saturated rings. The number of aryl methyl sites for hydroxylation is 2. The van der Waals surface area contributed by atoms with Crippen molar-refractivity contribution in [3.63, 3.8) is 0 Å². The first-order chi connectivity index (χ1) is 17.2. The van der Waals surface area contributed by atoms with Gasteiger partial charge in [-0.1, -0.05) is 43.0 Å². The zero-order chi connectivity index (χ0) is 26.4. The molecule has 0 unspecified atom stereocenters. The summed E-state index contributed by atoms with van der Waals surface area (Å²) in [5, 5.41) is 15.9. The van der Waals surface area contributed by atoms with Crippen LogP contribution in [0.1, 0.15) is 29.5 Å². The molecule has 1 aliphatic rings. The Labute approximate surface area is 222 Å². The molecule has 0 aliphatic carbocycles. The number of halogens is 1. The molecule has 2 aromatic carbocycles. The quantitative estimate of drug-likeness (QED) is 0.355. The minimum absolute atomic E-state index is 0.0415. The SMILES string of the molecule is CCc1cccc(C)c1NC(=O)CSC1=C(C#N)[C@H](c2ccc(OC)c(Br)c2)[C@H](C(=O)OC)C(=O)N1. The summed E-state index contributed by atoms with van der Waals surface area (Å²) in [6.45, 7) is 3.93. The van der Waals surface area contributed by atoms with E-state index in [1.54, 1.807) is 18.2 Å². The van der Waals surface area contributed by atoms with Crippen LogP contribution in [-0.4, -0.2) is 37.8 Å². The van der Waals surface area contributed by atoms with Gasteiger partial charge in [0, 0.05) is 11.6 Å². The number of ether oxygens (including phenoxy) is 2. The summed E-state index contributed by atoms with van der Waals surface area (Å²) in [6.07, 6.45) is 0.762. The lowest BCUT2D eigenvalue weighted by molar-refractivity contribution is -0.150. The minimum atomic E-state index is -1.26. The topological polar surface area (TPSA) is 118 Å². The smallest absolute Gasteiger partial charge is 0.319 e. The molecule has 2 atom stereocenters. The van der Waals surface area contributed by atoms with Crippen molar-refractivity contribution in [2.45, 2.75) is 26.2 Å². The van der Waals surface area contributed by atoms with Gasteiger partial charge in [0.25, 0.3) is 0 Å². The Morgan fingerprint density at radius 2 is 2.00 bits per heavy atom. The number of nitriles is 1. The Morgan fingerprint density at radius 3 is 2.61 bits per heavy atom. The molecule has 1 heterocycles. The number of anilines is 1. The van der Waals surface area contributed by atoms with Crippen LogP contribution in [0.3, 0.4) is 0 Å². The molecule has 188 valence electrons. The fourth-order valence-corrected chi connectivity index (χ4v) is 5.48. The molecule has 0 saturated carbocycles. The predicted molar refractivity (Wildman–Crippen MR) is 141 cm³/mol. The largest absolute Gasteiger partial charge is 0.496 e. The van der Waals surface area contributed by atoms with E-state index >= 15 is 0 Å². The highest BCUT2D eigenvalue weighted by molar-refractivity contribution is 9.10. The van der Waals surface area contributed by atoms with Gasteiger partial charge < -0.3 is 20.1 Å². The molecule has 8 nitrogen and oxygen atoms in total. The summed E-state index contributed by atoms with van der Waals surface area (Å²) in [4.78, 5) is 38.4. The number of hydrogen-bond acceptors (Lipinski definition) is 7. The number of thioether (sulfide) groups is 1. The maximum absolute atomic E-state index is 13.0. The van der Waals surface area contributed by atoms with Gasteiger partial charge in [-0.25, -0.2) is 0 Å². The molecule has 0 bridgehead atoms. The Bertz CT molecular complexity index is 1270. The van der Waals surface area contributed by atoms with Crippen molar-refractivity contribution in [1.29, 1.82) is 5.26 Å². The molecular weight excluding hydrogens is 546 g/mol. The van der Waals surface area contributed by atoms with Crippen LogP contribution >= 0.6 is 27.7 Å². The van der Waals surface area contributed by atoms with Gasteiger partial charge in [0.1, 0.15) is 11.7 Å². The average Bonchev–Trinajstić information content (AvgIpc) is 2.87. The number of carbonyl (C=O) groups excluding carboxylic acids is 3. The second kappa shape index (κ2) is 12.1. The Balaban J connectivity index is 1.94. The summed E-state index contributed by atoms with van der Waals surface area (Å²) in [6, 6.07) is 13.0. The van der Waals surface area contributed by atoms with Crippen molar-refractivity contribution in [2.75, 3.05) is 25.3 Å². The molecule has 10 heteroatoms. The number of nitrogens with one attached hydrogen (secondary N) is 2. The fraction of sp³-hybridized carbons (Fsp3) is 0.308. The Hall–Kier alpha value is -3.29. The van der Waals surface area contributed by atoms with Crippen LogP contribution in [0, 0.1) is 24.2 Å². The molecule has 0 spiro atoms. The lowest BCUT2D eigenvalue weighted by Crippen LogP contribution is -2.44. The first-order valence-electron chi connectivity index (χ1n) is 11.1. The number of methoxy groups -OCH3 is 2. The number of allylic oxidation sites excluding steroid dienone is 1. The van der Waals surface area contributed by atoms with Crippen molar-refractivity contribution in [1.82, 2.24) is 5.32 Å². The maximum atomic E-state index is 13.0. The van der Waals surface area contributed by atoms with E-state index in [1.807, 2.05) is 32.0 Å². The summed E-state index contributed by atoms with van der Waals surface area (Å²) in [5.74, 6) is -3.28. The van der Waals surface area contributed by atoms with Crippen LogP contribution in [-0.2, 0) is 25.5 Å². The molecule has 2 N–H and O–H groups in total. The molecule has 0 saturated heterocycles. The lowest BCUT2D eigenvalue weighted by Gasteiger charge is -2.31. The third-order valence-electron chi connectivity index (χ3n) is 5.87. The molecule has 0 radical (unpaired) electrons. The summed E-state index contributed by atoms with van der Waals surface area (Å²) >= 11 is 4.46. The van der Waals surface area contributed by atoms with Crippen LogP contribution in [0.25, 0.3) is 0 Å². The van der Waals surface area contributed by atoms with E-state index in [-0.39, 0.29) is 22.3 Å². The zero-order valence-electron chi connectivity index (χ0n) is 20.3. The van der Waals surface area contributed by atoms with Gasteiger partial charge in [0.05, 0.1) is 41.1 Å². The first-order valence-corrected chi connectivity index (χ1v) is 12.9. The molecule has 0 aromatic heterocycles. The number of hydrogen-bond donors (Lipinski definition) is 2. The number of amides is 2. The minimum Gasteiger partial charge on any atom is -0.496 e. The highest BCUT2D eigenvalue weighted by Gasteiger charge is 2.44. The van der Waals surface area contributed by atoms with E-state index in [4.69, 9.17) is 9.47 Å². The normalized spacial score (nSPS) is 17.2. The van der Waals surface area contributed by atoms with Crippen molar-refractivity contribution < 1.29 is 23.9 Å². The summed E-state index contributed by atoms with van der Waals surface area (Å²) in [5.41, 5.74) is 3.45. The predicted octanol–water partition coefficient (Wildman–Crippen LogP) is 4.44. The van der Waals surface area contributed by atoms with Crippen molar-refractivity contribution in [3.05, 3.63) is 68.2 Å². The standard InChI is InChI=1S/C26H26BrN3O5S/c1-5-15-8-6-7-14(2)23(15)29-20(31)13-36-25-17(12-28)21(22(24(32)30-25)26(33)35-4)16-9-10-19(34-3)18(27)11-16/h6-11,21-22H,5,13H2,1-4H3,(H,29,31)(H,30,32)/t21-,22-/m0/s1. The van der Waals surface area contributed by atoms with Crippen LogP contribution in [0.4, 0.5) is 5.69 Å². The molecule has 3 rings (SSSR count). The Morgan fingerprint density at radius 1 is 1.25 bits per heavy atom. The number of esters is 1. The number of nitrogens with zero attached hydrogens (tertiary/aromatic N) is 1. The third kappa shape index (κ3) is 5.74. The van der Waals surface area contributed by atoms with E-state index in [9.17, 15) is 19.6 Å². The van der Waals surface area contributed by atoms with Crippen molar-refractivity contribution in [2.24, 2.45) is 5.92 Å². The maximum Gasteiger partial charge on any atom is 0.319 e. The van der Waals surface area contributed by atoms with E-state index < -0.39 is 23.7 Å². The monoisotopic (exact) mass is 571 g/mol. The fourth-order valence-electron chi connectivity index (χ4n) is 4.07. The average molecular weight is 572 g/mol. The molecule has 2 amide bonds. The second-order valence-corrected chi connectivity index (χ2v) is 9.86. The van der Waals surface area contributed by atoms with Gasteiger partial charge >= 0.3 is 5.97 Å². The number of para-hydroxylation sites is 1. The number of rotatable bonds is 8. The van der Waals surface area contributed by atoms with Gasteiger partial charge in [-0.15, -0.1) is 0 Å². The molecule has 36 heavy (non-hydrogen) atoms. The highest BCUT2D eigenvalue weighted by atomic mass is 79.9. The first kappa shape index (κ1) is 27.3. The summed E-state index contributed by atoms with van der Waals surface area (Å²) in [7, 11) is 2.71. The molecule has 1 aliphatic heterocycles. The second-order valence-electron chi connectivity index (χ2n) is 8.02. The summed E-state index contributed by atoms with van der Waals surface area (Å²) < 4.78 is 10.8. The van der Waals surface area contributed by atoms with Crippen LogP contribution < -0.4 is 15.4 Å². The number of carbonyl (C=O) groups is 3. The van der Waals surface area contributed by atoms with Gasteiger partial charge in [0.15, 0.2) is 0 Å².